The first-order valence-corrected chi connectivity index (χ1v) is 13.6. The number of fused-ring (bicyclic) bond motifs is 1. The quantitative estimate of drug-likeness (QED) is 0.351. The first-order valence-electron chi connectivity index (χ1n) is 12.7. The van der Waals surface area contributed by atoms with Crippen molar-refractivity contribution >= 4 is 45.5 Å². The van der Waals surface area contributed by atoms with Crippen LogP contribution in [0.1, 0.15) is 20.3 Å². The maximum Gasteiger partial charge on any atom is 0.318 e. The topological polar surface area (TPSA) is 141 Å². The lowest BCUT2D eigenvalue weighted by Crippen LogP contribution is -2.71. The number of urea groups is 1. The zero-order chi connectivity index (χ0) is 27.6. The fourth-order valence-electron chi connectivity index (χ4n) is 5.35. The summed E-state index contributed by atoms with van der Waals surface area (Å²) in [5.41, 5.74) is 3.56. The molecule has 5 rings (SSSR count). The Kier molecular flexibility index (Phi) is 7.23. The van der Waals surface area contributed by atoms with E-state index in [4.69, 9.17) is 9.73 Å². The Morgan fingerprint density at radius 3 is 2.95 bits per heavy atom. The SMILES string of the molecule is CCNC(=O)NC1(C2CNCCC2(C)C(=O)O)N=CC=CN1c1cc(-c2cccc(OC)n2)c2scnc2c1. The molecule has 2 aliphatic heterocycles. The van der Waals surface area contributed by atoms with Crippen molar-refractivity contribution < 1.29 is 19.4 Å². The van der Waals surface area contributed by atoms with Crippen LogP contribution in [0.4, 0.5) is 10.5 Å². The summed E-state index contributed by atoms with van der Waals surface area (Å²) >= 11 is 1.50. The number of ether oxygens (including phenoxy) is 1. The third-order valence-corrected chi connectivity index (χ3v) is 8.29. The zero-order valence-corrected chi connectivity index (χ0v) is 22.8. The molecule has 12 heteroatoms. The van der Waals surface area contributed by atoms with Crippen molar-refractivity contribution in [2.75, 3.05) is 31.6 Å². The lowest BCUT2D eigenvalue weighted by Gasteiger charge is -2.52. The molecule has 2 amide bonds. The second-order valence-electron chi connectivity index (χ2n) is 9.69. The number of benzene rings is 1. The molecule has 1 aromatic carbocycles. The van der Waals surface area contributed by atoms with Gasteiger partial charge in [0.15, 0.2) is 0 Å². The summed E-state index contributed by atoms with van der Waals surface area (Å²) in [5.74, 6) is -2.54. The number of carbonyl (C=O) groups excluding carboxylic acids is 1. The van der Waals surface area contributed by atoms with Gasteiger partial charge in [0, 0.05) is 42.8 Å². The Labute approximate surface area is 230 Å². The molecule has 204 valence electrons. The molecule has 1 saturated heterocycles. The minimum atomic E-state index is -1.45. The van der Waals surface area contributed by atoms with Crippen molar-refractivity contribution in [3.8, 4) is 17.1 Å². The highest BCUT2D eigenvalue weighted by Crippen LogP contribution is 2.46. The van der Waals surface area contributed by atoms with Crippen molar-refractivity contribution in [1.29, 1.82) is 0 Å². The molecule has 3 aromatic rings. The number of nitrogens with zero attached hydrogens (tertiary/aromatic N) is 4. The molecule has 2 aromatic heterocycles. The summed E-state index contributed by atoms with van der Waals surface area (Å²) in [5, 5.41) is 19.5. The number of rotatable bonds is 7. The molecule has 0 bridgehead atoms. The standard InChI is InChI=1S/C27H31N7O4S/c1-4-29-25(37)33-27(21-15-28-11-9-26(21,2)24(35)36)31-10-6-12-34(27)17-13-18(23-20(14-17)30-16-39-23)19-7-5-8-22(32-19)38-3/h5-8,10,12-14,16,21,28H,4,9,11,15H2,1-3H3,(H,35,36)(H2,29,33,37). The van der Waals surface area contributed by atoms with Crippen LogP contribution < -0.4 is 25.6 Å². The minimum absolute atomic E-state index is 0.333. The van der Waals surface area contributed by atoms with Gasteiger partial charge in [-0.3, -0.25) is 10.1 Å². The molecule has 3 unspecified atom stereocenters. The van der Waals surface area contributed by atoms with Gasteiger partial charge in [-0.15, -0.1) is 11.3 Å². The molecule has 2 aliphatic rings. The van der Waals surface area contributed by atoms with Crippen LogP contribution in [0.3, 0.4) is 0 Å². The van der Waals surface area contributed by atoms with Gasteiger partial charge in [0.05, 0.1) is 39.9 Å². The normalized spacial score (nSPS) is 24.5. The highest BCUT2D eigenvalue weighted by molar-refractivity contribution is 7.17. The van der Waals surface area contributed by atoms with E-state index in [1.807, 2.05) is 42.3 Å². The second kappa shape index (κ2) is 10.6. The van der Waals surface area contributed by atoms with E-state index in [0.29, 0.717) is 43.3 Å². The third kappa shape index (κ3) is 4.70. The summed E-state index contributed by atoms with van der Waals surface area (Å²) in [6, 6.07) is 9.00. The van der Waals surface area contributed by atoms with Gasteiger partial charge >= 0.3 is 12.0 Å². The number of methoxy groups -OCH3 is 1. The molecule has 39 heavy (non-hydrogen) atoms. The number of allylic oxidation sites excluding steroid dienone is 1. The van der Waals surface area contributed by atoms with E-state index in [0.717, 1.165) is 15.8 Å². The number of thiazole rings is 1. The van der Waals surface area contributed by atoms with Gasteiger partial charge in [0.1, 0.15) is 0 Å². The van der Waals surface area contributed by atoms with E-state index < -0.39 is 29.1 Å². The maximum absolute atomic E-state index is 13.1. The van der Waals surface area contributed by atoms with Crippen molar-refractivity contribution in [1.82, 2.24) is 25.9 Å². The molecular weight excluding hydrogens is 518 g/mol. The first-order chi connectivity index (χ1) is 18.8. The monoisotopic (exact) mass is 549 g/mol. The lowest BCUT2D eigenvalue weighted by atomic mass is 9.68. The van der Waals surface area contributed by atoms with Crippen LogP contribution in [0.25, 0.3) is 21.5 Å². The Morgan fingerprint density at radius 1 is 1.33 bits per heavy atom. The molecule has 4 N–H and O–H groups in total. The molecule has 11 nitrogen and oxygen atoms in total. The fraction of sp³-hybridized carbons (Fsp3) is 0.370. The van der Waals surface area contributed by atoms with Gasteiger partial charge in [-0.2, -0.15) is 0 Å². The van der Waals surface area contributed by atoms with Crippen LogP contribution >= 0.6 is 11.3 Å². The number of pyridine rings is 1. The smallest absolute Gasteiger partial charge is 0.318 e. The number of aliphatic carboxylic acids is 1. The number of carboxylic acid groups (broad SMARTS) is 1. The van der Waals surface area contributed by atoms with Gasteiger partial charge in [0.2, 0.25) is 11.7 Å². The fourth-order valence-corrected chi connectivity index (χ4v) is 6.14. The largest absolute Gasteiger partial charge is 0.481 e. The molecule has 1 fully saturated rings. The molecule has 3 atom stereocenters. The summed E-state index contributed by atoms with van der Waals surface area (Å²) in [4.78, 5) is 41.7. The van der Waals surface area contributed by atoms with Gasteiger partial charge in [0.25, 0.3) is 0 Å². The minimum Gasteiger partial charge on any atom is -0.481 e. The van der Waals surface area contributed by atoms with Crippen molar-refractivity contribution in [3.63, 3.8) is 0 Å². The summed E-state index contributed by atoms with van der Waals surface area (Å²) in [6.07, 6.45) is 5.56. The predicted octanol–water partition coefficient (Wildman–Crippen LogP) is 3.44. The Hall–Kier alpha value is -4.03. The van der Waals surface area contributed by atoms with E-state index in [-0.39, 0.29) is 0 Å². The predicted molar refractivity (Wildman–Crippen MR) is 151 cm³/mol. The van der Waals surface area contributed by atoms with E-state index in [1.54, 1.807) is 37.9 Å². The number of aromatic nitrogens is 2. The Bertz CT molecular complexity index is 1460. The maximum atomic E-state index is 13.1. The number of aliphatic imine (C=N–C) groups is 1. The number of hydrogen-bond acceptors (Lipinski definition) is 9. The number of amides is 2. The molecule has 0 radical (unpaired) electrons. The molecule has 0 saturated carbocycles. The summed E-state index contributed by atoms with van der Waals surface area (Å²) in [6.45, 7) is 4.83. The number of hydrogen-bond donors (Lipinski definition) is 4. The molecule has 0 aliphatic carbocycles. The van der Waals surface area contributed by atoms with Crippen LogP contribution in [0, 0.1) is 11.3 Å². The zero-order valence-electron chi connectivity index (χ0n) is 22.0. The average Bonchev–Trinajstić information content (AvgIpc) is 3.42. The van der Waals surface area contributed by atoms with E-state index in [2.05, 4.69) is 25.9 Å². The highest BCUT2D eigenvalue weighted by atomic mass is 32.1. The van der Waals surface area contributed by atoms with E-state index in [1.165, 1.54) is 11.3 Å². The molecule has 4 heterocycles. The van der Waals surface area contributed by atoms with Gasteiger partial charge in [-0.25, -0.2) is 19.8 Å². The van der Waals surface area contributed by atoms with Gasteiger partial charge in [-0.05, 0) is 51.1 Å². The molecule has 0 spiro atoms. The highest BCUT2D eigenvalue weighted by Gasteiger charge is 2.57. The van der Waals surface area contributed by atoms with Crippen LogP contribution in [0.15, 0.2) is 53.1 Å². The van der Waals surface area contributed by atoms with Crippen LogP contribution in [-0.2, 0) is 4.79 Å². The average molecular weight is 550 g/mol. The summed E-state index contributed by atoms with van der Waals surface area (Å²) < 4.78 is 6.31. The Morgan fingerprint density at radius 2 is 2.18 bits per heavy atom. The van der Waals surface area contributed by atoms with Crippen molar-refractivity contribution in [2.45, 2.75) is 26.1 Å². The van der Waals surface area contributed by atoms with Gasteiger partial charge in [-0.1, -0.05) is 6.07 Å². The number of carboxylic acids is 1. The Balaban J connectivity index is 1.71. The molecular formula is C27H31N7O4S. The van der Waals surface area contributed by atoms with Crippen LogP contribution in [0.2, 0.25) is 0 Å². The number of anilines is 1. The first kappa shape index (κ1) is 26.6. The van der Waals surface area contributed by atoms with Crippen LogP contribution in [-0.4, -0.2) is 65.8 Å². The van der Waals surface area contributed by atoms with E-state index >= 15 is 0 Å². The van der Waals surface area contributed by atoms with Gasteiger partial charge < -0.3 is 25.4 Å². The van der Waals surface area contributed by atoms with E-state index in [9.17, 15) is 14.7 Å². The number of nitrogens with one attached hydrogen (secondary N) is 3. The van der Waals surface area contributed by atoms with Crippen molar-refractivity contribution in [3.05, 3.63) is 48.1 Å². The van der Waals surface area contributed by atoms with Crippen LogP contribution in [0.5, 0.6) is 5.88 Å². The number of carbonyl (C=O) groups is 2. The second-order valence-corrected chi connectivity index (χ2v) is 10.5. The third-order valence-electron chi connectivity index (χ3n) is 7.41. The summed E-state index contributed by atoms with van der Waals surface area (Å²) in [7, 11) is 1.57. The number of piperidine rings is 1. The van der Waals surface area contributed by atoms with Crippen molar-refractivity contribution in [2.24, 2.45) is 16.3 Å². The lowest BCUT2D eigenvalue weighted by molar-refractivity contribution is -0.155.